The van der Waals surface area contributed by atoms with Gasteiger partial charge < -0.3 is 10.1 Å². The molecule has 0 aliphatic heterocycles. The first-order valence-electron chi connectivity index (χ1n) is 6.92. The van der Waals surface area contributed by atoms with Crippen LogP contribution in [0.1, 0.15) is 27.2 Å². The predicted molar refractivity (Wildman–Crippen MR) is 82.4 cm³/mol. The van der Waals surface area contributed by atoms with Gasteiger partial charge in [0, 0.05) is 31.2 Å². The van der Waals surface area contributed by atoms with E-state index < -0.39 is 0 Å². The Kier molecular flexibility index (Phi) is 4.45. The van der Waals surface area contributed by atoms with Gasteiger partial charge in [0.25, 0.3) is 0 Å². The molecule has 0 amide bonds. The number of benzene rings is 1. The highest BCUT2D eigenvalue weighted by Crippen LogP contribution is 2.19. The molecule has 1 atom stereocenters. The maximum atomic E-state index is 5.46. The van der Waals surface area contributed by atoms with Gasteiger partial charge in [-0.2, -0.15) is 5.10 Å². The Labute approximate surface area is 120 Å². The molecule has 0 saturated heterocycles. The number of nitrogens with one attached hydrogen (secondary N) is 1. The zero-order valence-corrected chi connectivity index (χ0v) is 12.6. The van der Waals surface area contributed by atoms with E-state index in [1.54, 1.807) is 13.3 Å². The van der Waals surface area contributed by atoms with Crippen LogP contribution in [-0.2, 0) is 4.74 Å². The van der Waals surface area contributed by atoms with Gasteiger partial charge >= 0.3 is 0 Å². The van der Waals surface area contributed by atoms with E-state index in [0.29, 0.717) is 6.04 Å². The highest BCUT2D eigenvalue weighted by atomic mass is 16.5. The van der Waals surface area contributed by atoms with Crippen molar-refractivity contribution in [1.82, 2.24) is 9.78 Å². The van der Waals surface area contributed by atoms with E-state index in [1.165, 1.54) is 0 Å². The molecule has 0 spiro atoms. The third-order valence-electron chi connectivity index (χ3n) is 3.40. The Morgan fingerprint density at radius 1 is 1.30 bits per heavy atom. The lowest BCUT2D eigenvalue weighted by Gasteiger charge is -2.27. The smallest absolute Gasteiger partial charge is 0.0647 e. The van der Waals surface area contributed by atoms with Crippen molar-refractivity contribution >= 4 is 5.69 Å². The van der Waals surface area contributed by atoms with E-state index in [9.17, 15) is 0 Å². The summed E-state index contributed by atoms with van der Waals surface area (Å²) in [7, 11) is 1.76. The Morgan fingerprint density at radius 3 is 2.55 bits per heavy atom. The van der Waals surface area contributed by atoms with Crippen LogP contribution in [0.2, 0.25) is 0 Å². The third-order valence-corrected chi connectivity index (χ3v) is 3.40. The van der Waals surface area contributed by atoms with Gasteiger partial charge in [-0.05, 0) is 57.5 Å². The minimum atomic E-state index is -0.110. The zero-order chi connectivity index (χ0) is 14.6. The van der Waals surface area contributed by atoms with Crippen LogP contribution in [0.3, 0.4) is 0 Å². The molecule has 1 aromatic carbocycles. The number of ether oxygens (including phenoxy) is 1. The van der Waals surface area contributed by atoms with E-state index >= 15 is 0 Å². The maximum Gasteiger partial charge on any atom is 0.0647 e. The SMILES string of the molecule is COC(C)(C)CC(C)Nc1ccc(-n2cccn2)cc1. The second kappa shape index (κ2) is 6.09. The minimum Gasteiger partial charge on any atom is -0.382 e. The zero-order valence-electron chi connectivity index (χ0n) is 12.6. The molecule has 108 valence electrons. The fourth-order valence-corrected chi connectivity index (χ4v) is 2.29. The molecule has 0 bridgehead atoms. The highest BCUT2D eigenvalue weighted by Gasteiger charge is 2.19. The molecule has 4 nitrogen and oxygen atoms in total. The van der Waals surface area contributed by atoms with Gasteiger partial charge in [0.15, 0.2) is 0 Å². The largest absolute Gasteiger partial charge is 0.382 e. The monoisotopic (exact) mass is 273 g/mol. The van der Waals surface area contributed by atoms with Crippen LogP contribution < -0.4 is 5.32 Å². The molecular formula is C16H23N3O. The number of aromatic nitrogens is 2. The van der Waals surface area contributed by atoms with Crippen molar-refractivity contribution in [3.63, 3.8) is 0 Å². The van der Waals surface area contributed by atoms with Crippen LogP contribution >= 0.6 is 0 Å². The first kappa shape index (κ1) is 14.6. The molecule has 1 N–H and O–H groups in total. The second-order valence-electron chi connectivity index (χ2n) is 5.71. The van der Waals surface area contributed by atoms with Gasteiger partial charge in [0.05, 0.1) is 11.3 Å². The molecule has 20 heavy (non-hydrogen) atoms. The fourth-order valence-electron chi connectivity index (χ4n) is 2.29. The van der Waals surface area contributed by atoms with Crippen molar-refractivity contribution in [2.24, 2.45) is 0 Å². The average Bonchev–Trinajstić information content (AvgIpc) is 2.93. The van der Waals surface area contributed by atoms with Crippen molar-refractivity contribution < 1.29 is 4.74 Å². The Morgan fingerprint density at radius 2 is 2.00 bits per heavy atom. The summed E-state index contributed by atoms with van der Waals surface area (Å²) in [6.45, 7) is 6.38. The van der Waals surface area contributed by atoms with Crippen molar-refractivity contribution in [2.45, 2.75) is 38.8 Å². The summed E-state index contributed by atoms with van der Waals surface area (Å²) < 4.78 is 7.31. The van der Waals surface area contributed by atoms with Crippen molar-refractivity contribution in [2.75, 3.05) is 12.4 Å². The van der Waals surface area contributed by atoms with Gasteiger partial charge in [-0.1, -0.05) is 0 Å². The number of anilines is 1. The van der Waals surface area contributed by atoms with E-state index in [1.807, 2.05) is 16.9 Å². The molecule has 0 aliphatic carbocycles. The molecule has 0 radical (unpaired) electrons. The fraction of sp³-hybridized carbons (Fsp3) is 0.438. The molecule has 0 aliphatic rings. The van der Waals surface area contributed by atoms with E-state index in [2.05, 4.69) is 55.5 Å². The topological polar surface area (TPSA) is 39.1 Å². The standard InChI is InChI=1S/C16H23N3O/c1-13(12-16(2,3)20-4)18-14-6-8-15(9-7-14)19-11-5-10-17-19/h5-11,13,18H,12H2,1-4H3. The van der Waals surface area contributed by atoms with Gasteiger partial charge in [-0.25, -0.2) is 4.68 Å². The van der Waals surface area contributed by atoms with Crippen LogP contribution in [0, 0.1) is 0 Å². The lowest BCUT2D eigenvalue weighted by Crippen LogP contribution is -2.31. The van der Waals surface area contributed by atoms with Gasteiger partial charge in [-0.15, -0.1) is 0 Å². The van der Waals surface area contributed by atoms with Crippen LogP contribution in [-0.4, -0.2) is 28.5 Å². The van der Waals surface area contributed by atoms with Crippen molar-refractivity contribution in [1.29, 1.82) is 0 Å². The predicted octanol–water partition coefficient (Wildman–Crippen LogP) is 3.49. The molecule has 4 heteroatoms. The number of rotatable bonds is 6. The lowest BCUT2D eigenvalue weighted by molar-refractivity contribution is 0.0128. The summed E-state index contributed by atoms with van der Waals surface area (Å²) in [4.78, 5) is 0. The molecule has 1 heterocycles. The molecule has 2 rings (SSSR count). The molecule has 0 saturated carbocycles. The van der Waals surface area contributed by atoms with Crippen LogP contribution in [0.25, 0.3) is 5.69 Å². The molecule has 2 aromatic rings. The number of hydrogen-bond acceptors (Lipinski definition) is 3. The average molecular weight is 273 g/mol. The summed E-state index contributed by atoms with van der Waals surface area (Å²) in [5, 5.41) is 7.71. The van der Waals surface area contributed by atoms with Crippen molar-refractivity contribution in [3.05, 3.63) is 42.7 Å². The molecular weight excluding hydrogens is 250 g/mol. The summed E-state index contributed by atoms with van der Waals surface area (Å²) in [5.74, 6) is 0. The summed E-state index contributed by atoms with van der Waals surface area (Å²) >= 11 is 0. The van der Waals surface area contributed by atoms with E-state index in [0.717, 1.165) is 17.8 Å². The van der Waals surface area contributed by atoms with E-state index in [-0.39, 0.29) is 5.60 Å². The molecule has 0 fully saturated rings. The third kappa shape index (κ3) is 3.84. The van der Waals surface area contributed by atoms with Crippen molar-refractivity contribution in [3.8, 4) is 5.69 Å². The molecule has 1 unspecified atom stereocenters. The second-order valence-corrected chi connectivity index (χ2v) is 5.71. The van der Waals surface area contributed by atoms with E-state index in [4.69, 9.17) is 4.74 Å². The summed E-state index contributed by atoms with van der Waals surface area (Å²) in [5.41, 5.74) is 2.06. The Hall–Kier alpha value is -1.81. The highest BCUT2D eigenvalue weighted by molar-refractivity contribution is 5.49. The molecule has 1 aromatic heterocycles. The Bertz CT molecular complexity index is 517. The summed E-state index contributed by atoms with van der Waals surface area (Å²) in [6.07, 6.45) is 4.66. The van der Waals surface area contributed by atoms with Gasteiger partial charge in [0.1, 0.15) is 0 Å². The van der Waals surface area contributed by atoms with Gasteiger partial charge in [0.2, 0.25) is 0 Å². The van der Waals surface area contributed by atoms with Crippen LogP contribution in [0.4, 0.5) is 5.69 Å². The lowest BCUT2D eigenvalue weighted by atomic mass is 10.00. The first-order valence-corrected chi connectivity index (χ1v) is 6.92. The maximum absolute atomic E-state index is 5.46. The number of hydrogen-bond donors (Lipinski definition) is 1. The first-order chi connectivity index (χ1) is 9.50. The minimum absolute atomic E-state index is 0.110. The van der Waals surface area contributed by atoms with Gasteiger partial charge in [-0.3, -0.25) is 0 Å². The number of methoxy groups -OCH3 is 1. The van der Waals surface area contributed by atoms with Crippen LogP contribution in [0.5, 0.6) is 0 Å². The normalized spacial score (nSPS) is 13.2. The number of nitrogens with zero attached hydrogens (tertiary/aromatic N) is 2. The summed E-state index contributed by atoms with van der Waals surface area (Å²) in [6, 6.07) is 10.5. The van der Waals surface area contributed by atoms with Crippen LogP contribution in [0.15, 0.2) is 42.7 Å². The quantitative estimate of drug-likeness (QED) is 0.875. The Balaban J connectivity index is 1.97.